The number of ether oxygens (including phenoxy) is 1. The van der Waals surface area contributed by atoms with Crippen molar-refractivity contribution in [2.45, 2.75) is 6.92 Å². The van der Waals surface area contributed by atoms with Crippen LogP contribution in [0, 0.1) is 7.14 Å². The van der Waals surface area contributed by atoms with Crippen molar-refractivity contribution in [3.8, 4) is 11.5 Å². The van der Waals surface area contributed by atoms with Gasteiger partial charge in [0.05, 0.1) is 15.9 Å². The SMILES string of the molecule is CCOc1ccc(N2C(=O)/C(=C/c3cc(I)cc(I)c3O)N(C)C2=S)cc1. The molecule has 1 aliphatic rings. The highest BCUT2D eigenvalue weighted by molar-refractivity contribution is 14.1. The highest BCUT2D eigenvalue weighted by Crippen LogP contribution is 2.33. The van der Waals surface area contributed by atoms with E-state index in [1.54, 1.807) is 30.2 Å². The molecule has 1 amide bonds. The molecule has 5 nitrogen and oxygen atoms in total. The van der Waals surface area contributed by atoms with E-state index in [0.29, 0.717) is 28.7 Å². The minimum atomic E-state index is -0.236. The van der Waals surface area contributed by atoms with Gasteiger partial charge in [-0.25, -0.2) is 0 Å². The zero-order valence-corrected chi connectivity index (χ0v) is 19.7. The zero-order valence-electron chi connectivity index (χ0n) is 14.6. The lowest BCUT2D eigenvalue weighted by atomic mass is 10.1. The van der Waals surface area contributed by atoms with Crippen LogP contribution in [0.1, 0.15) is 12.5 Å². The van der Waals surface area contributed by atoms with E-state index >= 15 is 0 Å². The van der Waals surface area contributed by atoms with Gasteiger partial charge in [0.15, 0.2) is 5.11 Å². The van der Waals surface area contributed by atoms with E-state index in [4.69, 9.17) is 17.0 Å². The summed E-state index contributed by atoms with van der Waals surface area (Å²) in [6, 6.07) is 10.9. The molecule has 0 spiro atoms. The summed E-state index contributed by atoms with van der Waals surface area (Å²) < 4.78 is 7.15. The lowest BCUT2D eigenvalue weighted by Crippen LogP contribution is -2.31. The van der Waals surface area contributed by atoms with Crippen LogP contribution in [-0.2, 0) is 4.79 Å². The number of nitrogens with zero attached hydrogens (tertiary/aromatic N) is 2. The molecule has 0 atom stereocenters. The monoisotopic (exact) mass is 606 g/mol. The molecule has 2 aromatic carbocycles. The summed E-state index contributed by atoms with van der Waals surface area (Å²) in [5.74, 6) is 0.649. The van der Waals surface area contributed by atoms with Gasteiger partial charge in [0.25, 0.3) is 5.91 Å². The van der Waals surface area contributed by atoms with Crippen molar-refractivity contribution in [1.82, 2.24) is 4.90 Å². The Balaban J connectivity index is 1.98. The molecule has 140 valence electrons. The van der Waals surface area contributed by atoms with Gasteiger partial charge >= 0.3 is 0 Å². The van der Waals surface area contributed by atoms with Gasteiger partial charge in [-0.2, -0.15) is 0 Å². The first-order valence-electron chi connectivity index (χ1n) is 8.08. The van der Waals surface area contributed by atoms with Crippen molar-refractivity contribution in [2.75, 3.05) is 18.6 Å². The quantitative estimate of drug-likeness (QED) is 0.314. The normalized spacial score (nSPS) is 15.8. The number of benzene rings is 2. The second kappa shape index (κ2) is 8.31. The number of hydrogen-bond acceptors (Lipinski definition) is 4. The number of phenols is 1. The number of rotatable bonds is 4. The van der Waals surface area contributed by atoms with Gasteiger partial charge in [0.2, 0.25) is 0 Å². The van der Waals surface area contributed by atoms with Gasteiger partial charge in [-0.05, 0) is 107 Å². The zero-order chi connectivity index (χ0) is 19.7. The minimum Gasteiger partial charge on any atom is -0.506 e. The minimum absolute atomic E-state index is 0.148. The maximum absolute atomic E-state index is 13.0. The number of carbonyl (C=O) groups is 1. The van der Waals surface area contributed by atoms with Gasteiger partial charge in [0, 0.05) is 16.2 Å². The first-order chi connectivity index (χ1) is 12.8. The Bertz CT molecular complexity index is 945. The number of carbonyl (C=O) groups excluding carboxylic acids is 1. The lowest BCUT2D eigenvalue weighted by Gasteiger charge is -2.16. The molecular weight excluding hydrogens is 590 g/mol. The van der Waals surface area contributed by atoms with Crippen LogP contribution < -0.4 is 9.64 Å². The van der Waals surface area contributed by atoms with Crippen LogP contribution in [0.25, 0.3) is 6.08 Å². The summed E-state index contributed by atoms with van der Waals surface area (Å²) in [6.07, 6.45) is 1.67. The maximum atomic E-state index is 13.0. The number of thiocarbonyl (C=S) groups is 1. The van der Waals surface area contributed by atoms with Gasteiger partial charge < -0.3 is 14.7 Å². The van der Waals surface area contributed by atoms with Crippen LogP contribution in [0.4, 0.5) is 5.69 Å². The molecule has 8 heteroatoms. The molecule has 3 rings (SSSR count). The van der Waals surface area contributed by atoms with Crippen LogP contribution >= 0.6 is 57.4 Å². The molecule has 1 fully saturated rings. The maximum Gasteiger partial charge on any atom is 0.281 e. The van der Waals surface area contributed by atoms with E-state index in [1.165, 1.54) is 4.90 Å². The van der Waals surface area contributed by atoms with E-state index in [1.807, 2.05) is 31.2 Å². The number of likely N-dealkylation sites (N-methyl/N-ethyl adjacent to an activating group) is 1. The Morgan fingerprint density at radius 2 is 1.89 bits per heavy atom. The number of amides is 1. The summed E-state index contributed by atoms with van der Waals surface area (Å²) in [5.41, 5.74) is 1.66. The summed E-state index contributed by atoms with van der Waals surface area (Å²) in [4.78, 5) is 16.2. The summed E-state index contributed by atoms with van der Waals surface area (Å²) in [5, 5.41) is 10.7. The second-order valence-electron chi connectivity index (χ2n) is 5.76. The Morgan fingerprint density at radius 3 is 2.52 bits per heavy atom. The Labute approximate surface area is 190 Å². The van der Waals surface area contributed by atoms with Crippen LogP contribution in [0.5, 0.6) is 11.5 Å². The molecular formula is C19H16I2N2O3S. The molecule has 0 bridgehead atoms. The molecule has 0 aromatic heterocycles. The molecule has 27 heavy (non-hydrogen) atoms. The van der Waals surface area contributed by atoms with Gasteiger partial charge in [-0.15, -0.1) is 0 Å². The van der Waals surface area contributed by atoms with E-state index < -0.39 is 0 Å². The number of halogens is 2. The van der Waals surface area contributed by atoms with E-state index in [0.717, 1.165) is 12.9 Å². The van der Waals surface area contributed by atoms with Crippen molar-refractivity contribution in [3.05, 3.63) is 54.8 Å². The highest BCUT2D eigenvalue weighted by Gasteiger charge is 2.37. The average molecular weight is 606 g/mol. The fourth-order valence-corrected chi connectivity index (χ4v) is 4.86. The fourth-order valence-electron chi connectivity index (χ4n) is 2.69. The van der Waals surface area contributed by atoms with Crippen molar-refractivity contribution < 1.29 is 14.6 Å². The first kappa shape index (κ1) is 20.3. The third-order valence-electron chi connectivity index (χ3n) is 4.02. The predicted molar refractivity (Wildman–Crippen MR) is 127 cm³/mol. The van der Waals surface area contributed by atoms with E-state index in [-0.39, 0.29) is 11.7 Å². The summed E-state index contributed by atoms with van der Waals surface area (Å²) in [6.45, 7) is 2.49. The van der Waals surface area contributed by atoms with Crippen LogP contribution in [0.2, 0.25) is 0 Å². The van der Waals surface area contributed by atoms with Crippen molar-refractivity contribution in [3.63, 3.8) is 0 Å². The first-order valence-corrected chi connectivity index (χ1v) is 10.6. The smallest absolute Gasteiger partial charge is 0.281 e. The molecule has 0 radical (unpaired) electrons. The molecule has 2 aromatic rings. The molecule has 0 saturated carbocycles. The number of phenolic OH excluding ortho intramolecular Hbond substituents is 1. The third kappa shape index (κ3) is 4.06. The van der Waals surface area contributed by atoms with Crippen LogP contribution in [-0.4, -0.2) is 34.7 Å². The Hall–Kier alpha value is -1.40. The average Bonchev–Trinajstić information content (AvgIpc) is 2.84. The van der Waals surface area contributed by atoms with Crippen LogP contribution in [0.15, 0.2) is 42.1 Å². The topological polar surface area (TPSA) is 53.0 Å². The number of aromatic hydroxyl groups is 1. The number of anilines is 1. The standard InChI is InChI=1S/C19H16I2N2O3S/c1-3-26-14-6-4-13(5-7-14)23-18(25)16(22(2)19(23)27)9-11-8-12(20)10-15(21)17(11)24/h4-10,24H,3H2,1-2H3/b16-9-. The van der Waals surface area contributed by atoms with Gasteiger partial charge in [0.1, 0.15) is 17.2 Å². The fraction of sp³-hybridized carbons (Fsp3) is 0.158. The summed E-state index contributed by atoms with van der Waals surface area (Å²) >= 11 is 9.73. The van der Waals surface area contributed by atoms with E-state index in [2.05, 4.69) is 45.2 Å². The van der Waals surface area contributed by atoms with E-state index in [9.17, 15) is 9.90 Å². The van der Waals surface area contributed by atoms with Crippen molar-refractivity contribution >= 4 is 80.2 Å². The number of hydrogen-bond donors (Lipinski definition) is 1. The Kier molecular flexibility index (Phi) is 6.26. The highest BCUT2D eigenvalue weighted by atomic mass is 127. The van der Waals surface area contributed by atoms with Crippen LogP contribution in [0.3, 0.4) is 0 Å². The van der Waals surface area contributed by atoms with Gasteiger partial charge in [-0.1, -0.05) is 0 Å². The second-order valence-corrected chi connectivity index (χ2v) is 8.54. The molecule has 1 N–H and O–H groups in total. The summed E-state index contributed by atoms with van der Waals surface area (Å²) in [7, 11) is 1.75. The van der Waals surface area contributed by atoms with Crippen molar-refractivity contribution in [1.29, 1.82) is 0 Å². The lowest BCUT2D eigenvalue weighted by molar-refractivity contribution is -0.114. The molecule has 0 aliphatic carbocycles. The third-order valence-corrected chi connectivity index (χ3v) is 5.92. The molecule has 1 aliphatic heterocycles. The van der Waals surface area contributed by atoms with Crippen molar-refractivity contribution in [2.24, 2.45) is 0 Å². The van der Waals surface area contributed by atoms with Gasteiger partial charge in [-0.3, -0.25) is 9.69 Å². The molecule has 1 saturated heterocycles. The molecule has 1 heterocycles. The Morgan fingerprint density at radius 1 is 1.22 bits per heavy atom. The molecule has 0 unspecified atom stereocenters. The largest absolute Gasteiger partial charge is 0.506 e. The predicted octanol–water partition coefficient (Wildman–Crippen LogP) is 4.60.